The zero-order valence-electron chi connectivity index (χ0n) is 8.53. The van der Waals surface area contributed by atoms with Gasteiger partial charge in [-0.15, -0.1) is 0 Å². The van der Waals surface area contributed by atoms with Crippen molar-refractivity contribution in [2.75, 3.05) is 4.43 Å². The van der Waals surface area contributed by atoms with Crippen LogP contribution in [0.25, 0.3) is 11.2 Å². The van der Waals surface area contributed by atoms with Gasteiger partial charge in [0.05, 0.1) is 5.56 Å². The smallest absolute Gasteiger partial charge is 0.339 e. The van der Waals surface area contributed by atoms with Crippen molar-refractivity contribution >= 4 is 39.7 Å². The Morgan fingerprint density at radius 3 is 3.12 bits per heavy atom. The fourth-order valence-corrected chi connectivity index (χ4v) is 2.00. The molecule has 0 aliphatic carbocycles. The Hall–Kier alpha value is -1.28. The third-order valence-electron chi connectivity index (χ3n) is 2.54. The molecule has 0 aromatic carbocycles. The van der Waals surface area contributed by atoms with Crippen molar-refractivity contribution in [1.82, 2.24) is 0 Å². The molecule has 88 valence electrons. The second kappa shape index (κ2) is 3.61. The molecule has 1 aliphatic rings. The summed E-state index contributed by atoms with van der Waals surface area (Å²) in [6.45, 7) is 3.59. The number of carbonyl (C=O) groups excluding carboxylic acids is 1. The molecular weight excluding hydrogens is 339 g/mol. The van der Waals surface area contributed by atoms with Gasteiger partial charge >= 0.3 is 5.97 Å². The minimum atomic E-state index is -1.04. The minimum absolute atomic E-state index is 0.219. The van der Waals surface area contributed by atoms with Gasteiger partial charge in [0.15, 0.2) is 11.2 Å². The maximum Gasteiger partial charge on any atom is 0.339 e. The van der Waals surface area contributed by atoms with E-state index in [2.05, 4.69) is 6.58 Å². The van der Waals surface area contributed by atoms with Crippen LogP contribution < -0.4 is 9.47 Å². The molecule has 1 unspecified atom stereocenters. The number of esters is 1. The van der Waals surface area contributed by atoms with Gasteiger partial charge in [0.1, 0.15) is 0 Å². The fraction of sp³-hybridized carbons (Fsp3) is 0.182. The van der Waals surface area contributed by atoms with Crippen LogP contribution in [-0.4, -0.2) is 15.5 Å². The van der Waals surface area contributed by atoms with E-state index in [9.17, 15) is 9.90 Å². The van der Waals surface area contributed by atoms with Crippen LogP contribution >= 0.6 is 22.6 Å². The zero-order valence-corrected chi connectivity index (χ0v) is 10.7. The summed E-state index contributed by atoms with van der Waals surface area (Å²) < 4.78 is 16.1. The molecule has 2 aromatic rings. The normalized spacial score (nSPS) is 17.4. The highest BCUT2D eigenvalue weighted by molar-refractivity contribution is 14.1. The standard InChI is InChI=1S/C11H7IO5/c1-4(3-12)10(13)16-8-6-2-5-7(15-6)9(8)17-11(5)14/h2,11,14H,1,3H2. The van der Waals surface area contributed by atoms with Crippen LogP contribution in [0.3, 0.4) is 0 Å². The molecule has 0 saturated heterocycles. The number of aliphatic hydroxyl groups excluding tert-OH is 1. The number of halogens is 1. The van der Waals surface area contributed by atoms with E-state index in [1.807, 2.05) is 22.6 Å². The lowest BCUT2D eigenvalue weighted by Gasteiger charge is -2.05. The summed E-state index contributed by atoms with van der Waals surface area (Å²) in [5.41, 5.74) is 1.77. The lowest BCUT2D eigenvalue weighted by Crippen LogP contribution is -2.11. The second-order valence-electron chi connectivity index (χ2n) is 3.65. The number of hydrogen-bond donors (Lipinski definition) is 1. The van der Waals surface area contributed by atoms with Gasteiger partial charge in [-0.05, 0) is 6.07 Å². The minimum Gasteiger partial charge on any atom is -0.453 e. The molecule has 3 heterocycles. The average molecular weight is 346 g/mol. The fourth-order valence-electron chi connectivity index (χ4n) is 1.69. The van der Waals surface area contributed by atoms with Crippen molar-refractivity contribution < 1.29 is 23.8 Å². The number of carbonyl (C=O) groups is 1. The van der Waals surface area contributed by atoms with Crippen LogP contribution in [0.5, 0.6) is 11.5 Å². The summed E-state index contributed by atoms with van der Waals surface area (Å²) in [5.74, 6) is -0.0120. The van der Waals surface area contributed by atoms with Crippen molar-refractivity contribution in [1.29, 1.82) is 0 Å². The first kappa shape index (κ1) is 10.8. The Labute approximate surface area is 109 Å². The lowest BCUT2D eigenvalue weighted by atomic mass is 10.2. The molecule has 1 N–H and O–H groups in total. The van der Waals surface area contributed by atoms with Crippen molar-refractivity contribution in [2.45, 2.75) is 6.29 Å². The van der Waals surface area contributed by atoms with Crippen LogP contribution in [0.1, 0.15) is 11.9 Å². The number of rotatable bonds is 3. The third-order valence-corrected chi connectivity index (χ3v) is 3.46. The lowest BCUT2D eigenvalue weighted by molar-refractivity contribution is -0.130. The highest BCUT2D eigenvalue weighted by Crippen LogP contribution is 2.52. The van der Waals surface area contributed by atoms with Gasteiger partial charge in [0.2, 0.25) is 17.8 Å². The number of benzene rings is 1. The number of hydrogen-bond acceptors (Lipinski definition) is 5. The maximum absolute atomic E-state index is 11.6. The summed E-state index contributed by atoms with van der Waals surface area (Å²) in [6.07, 6.45) is -1.04. The van der Waals surface area contributed by atoms with Crippen molar-refractivity contribution in [3.8, 4) is 11.5 Å². The van der Waals surface area contributed by atoms with Crippen LogP contribution in [0.4, 0.5) is 0 Å². The molecule has 1 aliphatic heterocycles. The van der Waals surface area contributed by atoms with E-state index in [0.29, 0.717) is 32.5 Å². The Morgan fingerprint density at radius 1 is 1.65 bits per heavy atom. The highest BCUT2D eigenvalue weighted by atomic mass is 127. The molecular formula is C11H7IO5. The van der Waals surface area contributed by atoms with E-state index in [-0.39, 0.29) is 5.75 Å². The topological polar surface area (TPSA) is 68.9 Å². The maximum atomic E-state index is 11.6. The quantitative estimate of drug-likeness (QED) is 0.303. The molecule has 0 radical (unpaired) electrons. The molecule has 2 aromatic heterocycles. The Bertz CT molecular complexity index is 614. The molecule has 17 heavy (non-hydrogen) atoms. The summed E-state index contributed by atoms with van der Waals surface area (Å²) in [4.78, 5) is 11.6. The van der Waals surface area contributed by atoms with Gasteiger partial charge in [-0.2, -0.15) is 0 Å². The van der Waals surface area contributed by atoms with Gasteiger partial charge in [-0.3, -0.25) is 0 Å². The number of fused-ring (bicyclic) bond motifs is 1. The van der Waals surface area contributed by atoms with E-state index in [1.165, 1.54) is 0 Å². The largest absolute Gasteiger partial charge is 0.453 e. The molecule has 5 nitrogen and oxygen atoms in total. The predicted molar refractivity (Wildman–Crippen MR) is 66.6 cm³/mol. The van der Waals surface area contributed by atoms with Crippen molar-refractivity contribution in [3.05, 3.63) is 23.8 Å². The highest BCUT2D eigenvalue weighted by Gasteiger charge is 2.36. The SMILES string of the molecule is C=C(CI)C(=O)Oc1c2c3oc1cc3C(O)O2. The monoisotopic (exact) mass is 346 g/mol. The van der Waals surface area contributed by atoms with Crippen molar-refractivity contribution in [3.63, 3.8) is 0 Å². The van der Waals surface area contributed by atoms with Crippen LogP contribution in [0, 0.1) is 0 Å². The predicted octanol–water partition coefficient (Wildman–Crippen LogP) is 2.15. The molecule has 1 atom stereocenters. The number of aliphatic hydroxyl groups is 1. The third kappa shape index (κ3) is 1.44. The Morgan fingerprint density at radius 2 is 2.41 bits per heavy atom. The average Bonchev–Trinajstić information content (AvgIpc) is 2.92. The van der Waals surface area contributed by atoms with E-state index in [0.717, 1.165) is 0 Å². The molecule has 2 bridgehead atoms. The van der Waals surface area contributed by atoms with E-state index in [1.54, 1.807) is 6.07 Å². The van der Waals surface area contributed by atoms with E-state index < -0.39 is 12.3 Å². The Balaban J connectivity index is 1.94. The summed E-state index contributed by atoms with van der Waals surface area (Å²) >= 11 is 2.02. The van der Waals surface area contributed by atoms with E-state index >= 15 is 0 Å². The number of furan rings is 2. The van der Waals surface area contributed by atoms with Crippen LogP contribution in [0.2, 0.25) is 0 Å². The molecule has 0 saturated carbocycles. The van der Waals surface area contributed by atoms with Gasteiger partial charge in [0, 0.05) is 10.0 Å². The molecule has 0 amide bonds. The Kier molecular flexibility index (Phi) is 2.30. The first-order valence-corrected chi connectivity index (χ1v) is 6.33. The summed E-state index contributed by atoms with van der Waals surface area (Å²) in [5, 5.41) is 9.51. The van der Waals surface area contributed by atoms with Gasteiger partial charge in [-0.1, -0.05) is 29.2 Å². The molecule has 0 spiro atoms. The molecule has 3 rings (SSSR count). The van der Waals surface area contributed by atoms with E-state index in [4.69, 9.17) is 13.9 Å². The van der Waals surface area contributed by atoms with Crippen LogP contribution in [-0.2, 0) is 4.79 Å². The summed E-state index contributed by atoms with van der Waals surface area (Å²) in [6, 6.07) is 1.60. The molecule has 0 fully saturated rings. The zero-order chi connectivity index (χ0) is 12.2. The number of ether oxygens (including phenoxy) is 2. The first-order chi connectivity index (χ1) is 8.11. The van der Waals surface area contributed by atoms with Gasteiger partial charge < -0.3 is 19.0 Å². The first-order valence-electron chi connectivity index (χ1n) is 4.81. The second-order valence-corrected chi connectivity index (χ2v) is 4.41. The molecule has 6 heteroatoms. The van der Waals surface area contributed by atoms with Gasteiger partial charge in [-0.25, -0.2) is 4.79 Å². The summed E-state index contributed by atoms with van der Waals surface area (Å²) in [7, 11) is 0. The van der Waals surface area contributed by atoms with Crippen LogP contribution in [0.15, 0.2) is 22.6 Å². The van der Waals surface area contributed by atoms with Gasteiger partial charge in [0.25, 0.3) is 0 Å². The number of alkyl halides is 1. The van der Waals surface area contributed by atoms with Crippen molar-refractivity contribution in [2.24, 2.45) is 0 Å².